The van der Waals surface area contributed by atoms with Crippen LogP contribution in [0, 0.1) is 5.82 Å². The van der Waals surface area contributed by atoms with Crippen molar-refractivity contribution in [3.05, 3.63) is 48.7 Å². The summed E-state index contributed by atoms with van der Waals surface area (Å²) in [4.78, 5) is 11.4. The number of hydrogen-bond acceptors (Lipinski definition) is 2. The number of nitrogens with zero attached hydrogens (tertiary/aromatic N) is 2. The smallest absolute Gasteiger partial charge is 0.156 e. The summed E-state index contributed by atoms with van der Waals surface area (Å²) in [6, 6.07) is 6.33. The lowest BCUT2D eigenvalue weighted by molar-refractivity contribution is 0.628. The number of aromatic nitrogens is 3. The lowest BCUT2D eigenvalue weighted by atomic mass is 10.1. The zero-order valence-corrected chi connectivity index (χ0v) is 9.54. The Kier molecular flexibility index (Phi) is 3.06. The van der Waals surface area contributed by atoms with E-state index in [9.17, 15) is 4.39 Å². The summed E-state index contributed by atoms with van der Waals surface area (Å²) in [5, 5.41) is 0. The highest BCUT2D eigenvalue weighted by Crippen LogP contribution is 2.25. The first-order chi connectivity index (χ1) is 7.84. The topological polar surface area (TPSA) is 41.6 Å². The van der Waals surface area contributed by atoms with Crippen molar-refractivity contribution >= 4 is 23.6 Å². The van der Waals surface area contributed by atoms with Crippen LogP contribution in [-0.4, -0.2) is 15.0 Å². The summed E-state index contributed by atoms with van der Waals surface area (Å²) >= 11 is 0. The molecule has 0 aliphatic heterocycles. The Hall–Kier alpha value is -1.94. The van der Waals surface area contributed by atoms with E-state index in [1.807, 2.05) is 6.20 Å². The van der Waals surface area contributed by atoms with Crippen LogP contribution < -0.4 is 0 Å². The summed E-state index contributed by atoms with van der Waals surface area (Å²) < 4.78 is 12.8. The van der Waals surface area contributed by atoms with Crippen molar-refractivity contribution in [2.75, 3.05) is 0 Å². The summed E-state index contributed by atoms with van der Waals surface area (Å²) in [7, 11) is 0. The molecule has 0 bridgehead atoms. The Bertz CT molecular complexity index is 634. The Labute approximate surface area is 103 Å². The number of nitrogens with one attached hydrogen (secondary N) is 1. The van der Waals surface area contributed by atoms with Crippen molar-refractivity contribution in [1.29, 1.82) is 0 Å². The van der Waals surface area contributed by atoms with Crippen LogP contribution in [0.15, 0.2) is 42.9 Å². The van der Waals surface area contributed by atoms with Crippen LogP contribution in [0.5, 0.6) is 0 Å². The van der Waals surface area contributed by atoms with E-state index >= 15 is 0 Å². The van der Waals surface area contributed by atoms with E-state index in [1.54, 1.807) is 24.5 Å². The van der Waals surface area contributed by atoms with E-state index in [1.165, 1.54) is 12.1 Å². The molecule has 0 spiro atoms. The summed E-state index contributed by atoms with van der Waals surface area (Å²) in [6.07, 6.45) is 5.11. The molecule has 0 atom stereocenters. The average molecular weight is 250 g/mol. The largest absolute Gasteiger partial charge is 0.344 e. The van der Waals surface area contributed by atoms with Gasteiger partial charge in [0.15, 0.2) is 5.65 Å². The molecule has 2 aromatic heterocycles. The van der Waals surface area contributed by atoms with Crippen LogP contribution in [0.25, 0.3) is 22.3 Å². The predicted octanol–water partition coefficient (Wildman–Crippen LogP) is 3.19. The minimum Gasteiger partial charge on any atom is -0.344 e. The van der Waals surface area contributed by atoms with Gasteiger partial charge in [0.1, 0.15) is 11.3 Å². The molecular weight excluding hydrogens is 241 g/mol. The molecule has 2 heterocycles. The van der Waals surface area contributed by atoms with Crippen LogP contribution >= 0.6 is 12.4 Å². The van der Waals surface area contributed by atoms with Crippen molar-refractivity contribution < 1.29 is 4.39 Å². The van der Waals surface area contributed by atoms with Gasteiger partial charge in [0.2, 0.25) is 0 Å². The van der Waals surface area contributed by atoms with E-state index in [0.717, 1.165) is 22.3 Å². The second kappa shape index (κ2) is 4.51. The number of hydrogen-bond donors (Lipinski definition) is 1. The van der Waals surface area contributed by atoms with Crippen molar-refractivity contribution in [3.63, 3.8) is 0 Å². The van der Waals surface area contributed by atoms with Crippen molar-refractivity contribution in [3.8, 4) is 11.1 Å². The summed E-state index contributed by atoms with van der Waals surface area (Å²) in [5.74, 6) is -0.241. The molecule has 3 nitrogen and oxygen atoms in total. The van der Waals surface area contributed by atoms with E-state index < -0.39 is 0 Å². The van der Waals surface area contributed by atoms with Gasteiger partial charge in [-0.15, -0.1) is 12.4 Å². The summed E-state index contributed by atoms with van der Waals surface area (Å²) in [5.41, 5.74) is 3.40. The normalized spacial score (nSPS) is 10.2. The third-order valence-electron chi connectivity index (χ3n) is 2.46. The fourth-order valence-electron chi connectivity index (χ4n) is 1.70. The number of benzene rings is 1. The minimum atomic E-state index is -0.241. The number of H-pyrrole nitrogens is 1. The third-order valence-corrected chi connectivity index (χ3v) is 2.46. The van der Waals surface area contributed by atoms with E-state index in [0.29, 0.717) is 0 Å². The van der Waals surface area contributed by atoms with Gasteiger partial charge >= 0.3 is 0 Å². The molecule has 0 saturated carbocycles. The number of rotatable bonds is 1. The zero-order valence-electron chi connectivity index (χ0n) is 8.72. The molecule has 0 aliphatic rings. The quantitative estimate of drug-likeness (QED) is 0.720. The molecule has 1 aromatic carbocycles. The van der Waals surface area contributed by atoms with E-state index in [-0.39, 0.29) is 18.2 Å². The molecule has 17 heavy (non-hydrogen) atoms. The zero-order chi connectivity index (χ0) is 11.0. The first-order valence-electron chi connectivity index (χ1n) is 4.88. The van der Waals surface area contributed by atoms with Gasteiger partial charge in [-0.25, -0.2) is 9.37 Å². The molecule has 0 unspecified atom stereocenters. The minimum absolute atomic E-state index is 0. The molecule has 0 amide bonds. The highest BCUT2D eigenvalue weighted by atomic mass is 35.5. The van der Waals surface area contributed by atoms with Gasteiger partial charge in [-0.05, 0) is 17.7 Å². The van der Waals surface area contributed by atoms with Crippen molar-refractivity contribution in [1.82, 2.24) is 15.0 Å². The molecule has 0 saturated heterocycles. The van der Waals surface area contributed by atoms with Gasteiger partial charge in [0.25, 0.3) is 0 Å². The molecule has 5 heteroatoms. The maximum Gasteiger partial charge on any atom is 0.156 e. The molecular formula is C12H9ClFN3. The maximum absolute atomic E-state index is 12.8. The van der Waals surface area contributed by atoms with Crippen LogP contribution in [0.2, 0.25) is 0 Å². The molecule has 3 aromatic rings. The van der Waals surface area contributed by atoms with Crippen LogP contribution in [0.1, 0.15) is 0 Å². The monoisotopic (exact) mass is 249 g/mol. The highest BCUT2D eigenvalue weighted by Gasteiger charge is 2.07. The molecule has 0 aliphatic carbocycles. The Morgan fingerprint density at radius 3 is 2.47 bits per heavy atom. The number of fused-ring (bicyclic) bond motifs is 1. The first kappa shape index (κ1) is 11.5. The van der Waals surface area contributed by atoms with Crippen LogP contribution in [-0.2, 0) is 0 Å². The fourth-order valence-corrected chi connectivity index (χ4v) is 1.70. The Morgan fingerprint density at radius 2 is 1.71 bits per heavy atom. The fraction of sp³-hybridized carbons (Fsp3) is 0. The van der Waals surface area contributed by atoms with E-state index in [4.69, 9.17) is 0 Å². The Morgan fingerprint density at radius 1 is 1.00 bits per heavy atom. The molecule has 0 fully saturated rings. The molecule has 86 valence electrons. The van der Waals surface area contributed by atoms with Crippen LogP contribution in [0.3, 0.4) is 0 Å². The second-order valence-electron chi connectivity index (χ2n) is 3.46. The SMILES string of the molecule is Cl.Fc1ccc(-c2c[nH]c3nccnc23)cc1. The molecule has 3 rings (SSSR count). The van der Waals surface area contributed by atoms with Gasteiger partial charge in [-0.3, -0.25) is 4.98 Å². The summed E-state index contributed by atoms with van der Waals surface area (Å²) in [6.45, 7) is 0. The van der Waals surface area contributed by atoms with Gasteiger partial charge in [0.05, 0.1) is 0 Å². The molecule has 0 radical (unpaired) electrons. The number of aromatic amines is 1. The maximum atomic E-state index is 12.8. The lowest BCUT2D eigenvalue weighted by Gasteiger charge is -1.97. The van der Waals surface area contributed by atoms with Crippen LogP contribution in [0.4, 0.5) is 4.39 Å². The van der Waals surface area contributed by atoms with Gasteiger partial charge in [-0.1, -0.05) is 12.1 Å². The van der Waals surface area contributed by atoms with Gasteiger partial charge in [0, 0.05) is 24.2 Å². The molecule has 1 N–H and O–H groups in total. The Balaban J connectivity index is 0.00000108. The van der Waals surface area contributed by atoms with Gasteiger partial charge < -0.3 is 4.98 Å². The van der Waals surface area contributed by atoms with Crippen molar-refractivity contribution in [2.24, 2.45) is 0 Å². The van der Waals surface area contributed by atoms with E-state index in [2.05, 4.69) is 15.0 Å². The predicted molar refractivity (Wildman–Crippen MR) is 66.5 cm³/mol. The lowest BCUT2D eigenvalue weighted by Crippen LogP contribution is -1.81. The van der Waals surface area contributed by atoms with Crippen molar-refractivity contribution in [2.45, 2.75) is 0 Å². The third kappa shape index (κ3) is 1.99. The second-order valence-corrected chi connectivity index (χ2v) is 3.46. The standard InChI is InChI=1S/C12H8FN3.ClH/c13-9-3-1-8(2-4-9)10-7-16-12-11(10)14-5-6-15-12;/h1-7H,(H,15,16);1H. The van der Waals surface area contributed by atoms with Gasteiger partial charge in [-0.2, -0.15) is 0 Å². The highest BCUT2D eigenvalue weighted by molar-refractivity contribution is 5.90. The first-order valence-corrected chi connectivity index (χ1v) is 4.88. The number of halogens is 2. The average Bonchev–Trinajstić information content (AvgIpc) is 2.74.